The molecule has 1 atom stereocenters. The highest BCUT2D eigenvalue weighted by Crippen LogP contribution is 2.16. The molecule has 0 aromatic carbocycles. The minimum Gasteiger partial charge on any atom is -0.465 e. The zero-order chi connectivity index (χ0) is 17.4. The summed E-state index contributed by atoms with van der Waals surface area (Å²) in [5.74, 6) is 0.503. The Morgan fingerprint density at radius 1 is 1.17 bits per heavy atom. The summed E-state index contributed by atoms with van der Waals surface area (Å²) in [6.07, 6.45) is 4.80. The predicted octanol–water partition coefficient (Wildman–Crippen LogP) is 1.41. The van der Waals surface area contributed by atoms with E-state index in [1.54, 1.807) is 0 Å². The average molecular weight is 335 g/mol. The van der Waals surface area contributed by atoms with Gasteiger partial charge in [-0.3, -0.25) is 4.79 Å². The number of amides is 1. The highest BCUT2D eigenvalue weighted by molar-refractivity contribution is 5.94. The molecule has 1 aliphatic rings. The lowest BCUT2D eigenvalue weighted by Gasteiger charge is -2.13. The number of fused-ring (bicyclic) bond motifs is 2. The number of hydrogen-bond donors (Lipinski definition) is 3. The van der Waals surface area contributed by atoms with Crippen molar-refractivity contribution in [3.05, 3.63) is 11.8 Å². The Kier molecular flexibility index (Phi) is 6.77. The van der Waals surface area contributed by atoms with Gasteiger partial charge < -0.3 is 20.7 Å². The van der Waals surface area contributed by atoms with Crippen LogP contribution in [0, 0.1) is 5.92 Å². The minimum atomic E-state index is -0.477. The van der Waals surface area contributed by atoms with E-state index in [9.17, 15) is 9.59 Å². The van der Waals surface area contributed by atoms with Gasteiger partial charge in [-0.25, -0.2) is 9.78 Å². The molecule has 0 saturated heterocycles. The Labute approximate surface area is 141 Å². The summed E-state index contributed by atoms with van der Waals surface area (Å²) in [5, 5.41) is 9.24. The molecule has 0 spiro atoms. The molecule has 2 heterocycles. The minimum absolute atomic E-state index is 0.0314. The van der Waals surface area contributed by atoms with Gasteiger partial charge in [-0.15, -0.1) is 0 Å². The van der Waals surface area contributed by atoms with E-state index >= 15 is 0 Å². The van der Waals surface area contributed by atoms with E-state index in [-0.39, 0.29) is 11.8 Å². The first kappa shape index (κ1) is 18.0. The molecule has 0 unspecified atom stereocenters. The largest absolute Gasteiger partial charge is 0.465 e. The van der Waals surface area contributed by atoms with Gasteiger partial charge in [0.05, 0.1) is 7.11 Å². The van der Waals surface area contributed by atoms with E-state index in [4.69, 9.17) is 4.74 Å². The summed E-state index contributed by atoms with van der Waals surface area (Å²) < 4.78 is 4.77. The standard InChI is InChI=1S/C16H25N5O3/c1-11-6-5-9-17-13-12(15(23)24-2)10-20-16(21-13)19-8-4-3-7-18-14(11)22/h10-11H,3-9H2,1-2H3,(H,18,22)(H2,17,19,20,21)/t11-/m0/s1. The van der Waals surface area contributed by atoms with Crippen LogP contribution < -0.4 is 16.0 Å². The van der Waals surface area contributed by atoms with Gasteiger partial charge in [0.1, 0.15) is 11.4 Å². The van der Waals surface area contributed by atoms with Crippen LogP contribution in [0.5, 0.6) is 0 Å². The van der Waals surface area contributed by atoms with Gasteiger partial charge in [0.15, 0.2) is 0 Å². The van der Waals surface area contributed by atoms with Crippen molar-refractivity contribution in [1.82, 2.24) is 15.3 Å². The van der Waals surface area contributed by atoms with E-state index in [0.29, 0.717) is 37.0 Å². The second kappa shape index (κ2) is 9.05. The molecule has 3 N–H and O–H groups in total. The number of esters is 1. The summed E-state index contributed by atoms with van der Waals surface area (Å²) in [5.41, 5.74) is 0.304. The van der Waals surface area contributed by atoms with Crippen LogP contribution in [-0.2, 0) is 9.53 Å². The number of rotatable bonds is 1. The van der Waals surface area contributed by atoms with Crippen LogP contribution in [0.3, 0.4) is 0 Å². The van der Waals surface area contributed by atoms with Crippen LogP contribution in [0.4, 0.5) is 11.8 Å². The number of anilines is 2. The lowest BCUT2D eigenvalue weighted by atomic mass is 10.0. The quantitative estimate of drug-likeness (QED) is 0.666. The first-order chi connectivity index (χ1) is 11.6. The smallest absolute Gasteiger partial charge is 0.343 e. The Bertz CT molecular complexity index is 579. The Morgan fingerprint density at radius 2 is 1.88 bits per heavy atom. The second-order valence-corrected chi connectivity index (χ2v) is 5.84. The third kappa shape index (κ3) is 5.07. The summed E-state index contributed by atoms with van der Waals surface area (Å²) in [6.45, 7) is 3.91. The number of carbonyl (C=O) groups is 2. The highest BCUT2D eigenvalue weighted by Gasteiger charge is 2.16. The molecule has 0 saturated carbocycles. The van der Waals surface area contributed by atoms with Gasteiger partial charge in [0, 0.05) is 31.7 Å². The van der Waals surface area contributed by atoms with Crippen molar-refractivity contribution >= 4 is 23.6 Å². The van der Waals surface area contributed by atoms with Crippen LogP contribution in [0.25, 0.3) is 0 Å². The maximum absolute atomic E-state index is 12.0. The molecular formula is C16H25N5O3. The molecule has 8 heteroatoms. The molecule has 0 radical (unpaired) electrons. The monoisotopic (exact) mass is 335 g/mol. The summed E-state index contributed by atoms with van der Waals surface area (Å²) in [7, 11) is 1.33. The molecule has 1 amide bonds. The zero-order valence-electron chi connectivity index (χ0n) is 14.2. The van der Waals surface area contributed by atoms with Crippen LogP contribution in [0.2, 0.25) is 0 Å². The van der Waals surface area contributed by atoms with Gasteiger partial charge in [-0.05, 0) is 25.7 Å². The van der Waals surface area contributed by atoms with E-state index < -0.39 is 5.97 Å². The van der Waals surface area contributed by atoms with E-state index in [1.165, 1.54) is 13.3 Å². The second-order valence-electron chi connectivity index (χ2n) is 5.84. The molecule has 8 nitrogen and oxygen atoms in total. The maximum Gasteiger partial charge on any atom is 0.343 e. The lowest BCUT2D eigenvalue weighted by Crippen LogP contribution is -2.30. The van der Waals surface area contributed by atoms with Crippen molar-refractivity contribution in [3.8, 4) is 0 Å². The first-order valence-electron chi connectivity index (χ1n) is 8.32. The molecule has 132 valence electrons. The van der Waals surface area contributed by atoms with E-state index in [2.05, 4.69) is 25.9 Å². The maximum atomic E-state index is 12.0. The summed E-state index contributed by atoms with van der Waals surface area (Å²) in [6, 6.07) is 0. The fraction of sp³-hybridized carbons (Fsp3) is 0.625. The molecule has 0 fully saturated rings. The number of nitrogens with one attached hydrogen (secondary N) is 3. The summed E-state index contributed by atoms with van der Waals surface area (Å²) >= 11 is 0. The number of aromatic nitrogens is 2. The molecule has 1 aromatic heterocycles. The van der Waals surface area contributed by atoms with Gasteiger partial charge in [-0.1, -0.05) is 6.92 Å². The number of methoxy groups -OCH3 is 1. The van der Waals surface area contributed by atoms with Crippen molar-refractivity contribution in [2.24, 2.45) is 5.92 Å². The topological polar surface area (TPSA) is 105 Å². The zero-order valence-corrected chi connectivity index (χ0v) is 14.2. The third-order valence-corrected chi connectivity index (χ3v) is 3.93. The first-order valence-corrected chi connectivity index (χ1v) is 8.32. The normalized spacial score (nSPS) is 19.8. The number of ether oxygens (including phenoxy) is 1. The highest BCUT2D eigenvalue weighted by atomic mass is 16.5. The van der Waals surface area contributed by atoms with Crippen LogP contribution in [0.15, 0.2) is 6.20 Å². The van der Waals surface area contributed by atoms with Crippen molar-refractivity contribution in [2.75, 3.05) is 37.4 Å². The lowest BCUT2D eigenvalue weighted by molar-refractivity contribution is -0.124. The van der Waals surface area contributed by atoms with Crippen molar-refractivity contribution in [3.63, 3.8) is 0 Å². The Morgan fingerprint density at radius 3 is 2.62 bits per heavy atom. The number of nitrogens with zero attached hydrogens (tertiary/aromatic N) is 2. The van der Waals surface area contributed by atoms with Gasteiger partial charge in [0.2, 0.25) is 11.9 Å². The Balaban J connectivity index is 2.12. The van der Waals surface area contributed by atoms with Crippen molar-refractivity contribution in [1.29, 1.82) is 0 Å². The third-order valence-electron chi connectivity index (χ3n) is 3.93. The van der Waals surface area contributed by atoms with E-state index in [1.807, 2.05) is 6.92 Å². The van der Waals surface area contributed by atoms with Gasteiger partial charge >= 0.3 is 5.97 Å². The Hall–Kier alpha value is -2.38. The van der Waals surface area contributed by atoms with Crippen molar-refractivity contribution in [2.45, 2.75) is 32.6 Å². The molecule has 2 bridgehead atoms. The number of hydrogen-bond acceptors (Lipinski definition) is 7. The predicted molar refractivity (Wildman–Crippen MR) is 91.0 cm³/mol. The SMILES string of the molecule is COC(=O)c1cnc2nc1NCCC[C@H](C)C(=O)NCCCCN2. The van der Waals surface area contributed by atoms with Crippen LogP contribution in [-0.4, -0.2) is 48.6 Å². The number of carbonyl (C=O) groups excluding carboxylic acids is 2. The molecule has 24 heavy (non-hydrogen) atoms. The fourth-order valence-corrected chi connectivity index (χ4v) is 2.44. The van der Waals surface area contributed by atoms with Crippen LogP contribution in [0.1, 0.15) is 43.0 Å². The fourth-order valence-electron chi connectivity index (χ4n) is 2.44. The van der Waals surface area contributed by atoms with Gasteiger partial charge in [-0.2, -0.15) is 4.98 Å². The van der Waals surface area contributed by atoms with E-state index in [0.717, 1.165) is 25.7 Å². The molecule has 0 aliphatic carbocycles. The molecule has 1 aromatic rings. The van der Waals surface area contributed by atoms with Crippen molar-refractivity contribution < 1.29 is 14.3 Å². The summed E-state index contributed by atoms with van der Waals surface area (Å²) in [4.78, 5) is 32.3. The molecule has 1 aliphatic heterocycles. The van der Waals surface area contributed by atoms with Crippen LogP contribution >= 0.6 is 0 Å². The van der Waals surface area contributed by atoms with Gasteiger partial charge in [0.25, 0.3) is 0 Å². The molecule has 2 rings (SSSR count). The molecular weight excluding hydrogens is 310 g/mol. The average Bonchev–Trinajstić information content (AvgIpc) is 2.60.